The van der Waals surface area contributed by atoms with Gasteiger partial charge in [-0.15, -0.1) is 0 Å². The number of hydrogen-bond acceptors (Lipinski definition) is 5. The molecule has 0 aromatic heterocycles. The maximum absolute atomic E-state index is 11.9. The molecular formula is C15H10Cl2N2O5. The number of hydrogen-bond donors (Lipinski definition) is 1. The zero-order chi connectivity index (χ0) is 17.7. The highest BCUT2D eigenvalue weighted by Gasteiger charge is 2.22. The molecule has 0 aliphatic carbocycles. The maximum atomic E-state index is 11.9. The Morgan fingerprint density at radius 3 is 2.50 bits per heavy atom. The van der Waals surface area contributed by atoms with E-state index in [9.17, 15) is 19.7 Å². The maximum Gasteiger partial charge on any atom is 0.345 e. The van der Waals surface area contributed by atoms with Crippen molar-refractivity contribution >= 4 is 46.5 Å². The van der Waals surface area contributed by atoms with Gasteiger partial charge in [0.2, 0.25) is 0 Å². The molecule has 124 valence electrons. The molecule has 0 fully saturated rings. The molecule has 0 heterocycles. The fourth-order valence-corrected chi connectivity index (χ4v) is 2.17. The molecule has 0 unspecified atom stereocenters. The largest absolute Gasteiger partial charge is 0.452 e. The summed E-state index contributed by atoms with van der Waals surface area (Å²) in [5.74, 6) is -1.64. The van der Waals surface area contributed by atoms with E-state index < -0.39 is 29.1 Å². The minimum absolute atomic E-state index is 0.135. The Labute approximate surface area is 146 Å². The zero-order valence-electron chi connectivity index (χ0n) is 12.0. The second-order valence-corrected chi connectivity index (χ2v) is 5.43. The number of nitrogens with one attached hydrogen (secondary N) is 1. The van der Waals surface area contributed by atoms with Crippen LogP contribution in [0.5, 0.6) is 0 Å². The number of nitro benzene ring substituents is 1. The molecule has 0 saturated carbocycles. The van der Waals surface area contributed by atoms with Crippen molar-refractivity contribution in [3.8, 4) is 0 Å². The van der Waals surface area contributed by atoms with Gasteiger partial charge in [-0.05, 0) is 30.3 Å². The molecule has 1 amide bonds. The molecule has 0 atom stereocenters. The number of halogens is 2. The summed E-state index contributed by atoms with van der Waals surface area (Å²) in [4.78, 5) is 33.9. The third kappa shape index (κ3) is 4.68. The molecule has 0 spiro atoms. The Kier molecular flexibility index (Phi) is 5.73. The molecule has 0 aliphatic rings. The van der Waals surface area contributed by atoms with Crippen molar-refractivity contribution in [2.75, 3.05) is 11.9 Å². The summed E-state index contributed by atoms with van der Waals surface area (Å²) in [6.45, 7) is -0.616. The van der Waals surface area contributed by atoms with E-state index in [-0.39, 0.29) is 10.6 Å². The number of carbonyl (C=O) groups is 2. The van der Waals surface area contributed by atoms with Crippen molar-refractivity contribution in [1.82, 2.24) is 0 Å². The summed E-state index contributed by atoms with van der Waals surface area (Å²) < 4.78 is 4.79. The van der Waals surface area contributed by atoms with Gasteiger partial charge >= 0.3 is 5.97 Å². The highest BCUT2D eigenvalue weighted by Crippen LogP contribution is 2.23. The molecule has 2 rings (SSSR count). The normalized spacial score (nSPS) is 10.1. The molecule has 0 saturated heterocycles. The highest BCUT2D eigenvalue weighted by atomic mass is 35.5. The second-order valence-electron chi connectivity index (χ2n) is 4.55. The number of esters is 1. The lowest BCUT2D eigenvalue weighted by Gasteiger charge is -2.07. The summed E-state index contributed by atoms with van der Waals surface area (Å²) in [7, 11) is 0. The van der Waals surface area contributed by atoms with Crippen LogP contribution < -0.4 is 5.32 Å². The van der Waals surface area contributed by atoms with Gasteiger partial charge < -0.3 is 10.1 Å². The summed E-state index contributed by atoms with van der Waals surface area (Å²) in [5.41, 5.74) is -0.361. The number of nitrogens with zero attached hydrogens (tertiary/aromatic N) is 1. The van der Waals surface area contributed by atoms with Gasteiger partial charge in [-0.25, -0.2) is 4.79 Å². The van der Waals surface area contributed by atoms with Crippen LogP contribution in [0.2, 0.25) is 10.0 Å². The number of nitro groups is 1. The van der Waals surface area contributed by atoms with Gasteiger partial charge in [-0.1, -0.05) is 29.3 Å². The number of benzene rings is 2. The second kappa shape index (κ2) is 7.76. The van der Waals surface area contributed by atoms with Gasteiger partial charge in [0.25, 0.3) is 11.6 Å². The van der Waals surface area contributed by atoms with Crippen LogP contribution in [0.25, 0.3) is 0 Å². The molecule has 7 nitrogen and oxygen atoms in total. The fraction of sp³-hybridized carbons (Fsp3) is 0.0667. The van der Waals surface area contributed by atoms with E-state index in [0.717, 1.165) is 12.1 Å². The monoisotopic (exact) mass is 368 g/mol. The average Bonchev–Trinajstić information content (AvgIpc) is 2.52. The van der Waals surface area contributed by atoms with Gasteiger partial charge in [0.1, 0.15) is 5.56 Å². The Balaban J connectivity index is 2.02. The van der Waals surface area contributed by atoms with E-state index in [1.54, 1.807) is 18.2 Å². The van der Waals surface area contributed by atoms with Crippen molar-refractivity contribution in [2.24, 2.45) is 0 Å². The van der Waals surface area contributed by atoms with Gasteiger partial charge in [0.05, 0.1) is 4.92 Å². The highest BCUT2D eigenvalue weighted by molar-refractivity contribution is 6.31. The molecule has 0 radical (unpaired) electrons. The van der Waals surface area contributed by atoms with Crippen LogP contribution in [-0.2, 0) is 9.53 Å². The quantitative estimate of drug-likeness (QED) is 0.492. The van der Waals surface area contributed by atoms with Crippen LogP contribution in [0, 0.1) is 10.1 Å². The number of carbonyl (C=O) groups excluding carboxylic acids is 2. The van der Waals surface area contributed by atoms with E-state index in [1.807, 2.05) is 0 Å². The van der Waals surface area contributed by atoms with E-state index in [1.165, 1.54) is 12.1 Å². The Morgan fingerprint density at radius 2 is 1.83 bits per heavy atom. The lowest BCUT2D eigenvalue weighted by atomic mass is 10.2. The van der Waals surface area contributed by atoms with Crippen molar-refractivity contribution in [1.29, 1.82) is 0 Å². The third-order valence-electron chi connectivity index (χ3n) is 2.82. The molecule has 0 bridgehead atoms. The number of amides is 1. The van der Waals surface area contributed by atoms with Crippen LogP contribution >= 0.6 is 23.2 Å². The van der Waals surface area contributed by atoms with E-state index >= 15 is 0 Å². The standard InChI is InChI=1S/C15H10Cl2N2O5/c16-9-2-1-3-11(6-9)18-14(20)8-24-15(21)12-7-10(17)4-5-13(12)19(22)23/h1-7H,8H2,(H,18,20). The first-order chi connectivity index (χ1) is 11.4. The lowest BCUT2D eigenvalue weighted by Crippen LogP contribution is -2.21. The van der Waals surface area contributed by atoms with Crippen molar-refractivity contribution < 1.29 is 19.2 Å². The van der Waals surface area contributed by atoms with E-state index in [2.05, 4.69) is 5.32 Å². The Morgan fingerprint density at radius 1 is 1.12 bits per heavy atom. The van der Waals surface area contributed by atoms with Crippen LogP contribution in [0.4, 0.5) is 11.4 Å². The number of ether oxygens (including phenoxy) is 1. The minimum Gasteiger partial charge on any atom is -0.452 e. The fourth-order valence-electron chi connectivity index (χ4n) is 1.80. The first-order valence-corrected chi connectivity index (χ1v) is 7.29. The lowest BCUT2D eigenvalue weighted by molar-refractivity contribution is -0.385. The van der Waals surface area contributed by atoms with Gasteiger partial charge in [-0.3, -0.25) is 14.9 Å². The van der Waals surface area contributed by atoms with Crippen LogP contribution in [-0.4, -0.2) is 23.4 Å². The van der Waals surface area contributed by atoms with Crippen molar-refractivity contribution in [3.05, 3.63) is 68.2 Å². The smallest absolute Gasteiger partial charge is 0.345 e. The molecule has 0 aliphatic heterocycles. The Hall–Kier alpha value is -2.64. The number of anilines is 1. The van der Waals surface area contributed by atoms with Crippen molar-refractivity contribution in [2.45, 2.75) is 0 Å². The number of rotatable bonds is 5. The molecule has 1 N–H and O–H groups in total. The van der Waals surface area contributed by atoms with Crippen molar-refractivity contribution in [3.63, 3.8) is 0 Å². The SMILES string of the molecule is O=C(COC(=O)c1cc(Cl)ccc1[N+](=O)[O-])Nc1cccc(Cl)c1. The molecule has 2 aromatic carbocycles. The van der Waals surface area contributed by atoms with Gasteiger partial charge in [0.15, 0.2) is 6.61 Å². The zero-order valence-corrected chi connectivity index (χ0v) is 13.5. The summed E-state index contributed by atoms with van der Waals surface area (Å²) in [6, 6.07) is 9.87. The first-order valence-electron chi connectivity index (χ1n) is 6.53. The molecule has 9 heteroatoms. The van der Waals surface area contributed by atoms with Gasteiger partial charge in [-0.2, -0.15) is 0 Å². The molecular weight excluding hydrogens is 359 g/mol. The topological polar surface area (TPSA) is 98.5 Å². The van der Waals surface area contributed by atoms with E-state index in [4.69, 9.17) is 27.9 Å². The van der Waals surface area contributed by atoms with Crippen LogP contribution in [0.15, 0.2) is 42.5 Å². The minimum atomic E-state index is -1.02. The predicted octanol–water partition coefficient (Wildman–Crippen LogP) is 3.70. The molecule has 2 aromatic rings. The first kappa shape index (κ1) is 17.7. The summed E-state index contributed by atoms with van der Waals surface area (Å²) >= 11 is 11.5. The predicted molar refractivity (Wildman–Crippen MR) is 88.5 cm³/mol. The summed E-state index contributed by atoms with van der Waals surface area (Å²) in [6.07, 6.45) is 0. The van der Waals surface area contributed by atoms with Crippen LogP contribution in [0.1, 0.15) is 10.4 Å². The average molecular weight is 369 g/mol. The summed E-state index contributed by atoms with van der Waals surface area (Å²) in [5, 5.41) is 14.0. The van der Waals surface area contributed by atoms with E-state index in [0.29, 0.717) is 10.7 Å². The Bertz CT molecular complexity index is 810. The van der Waals surface area contributed by atoms with Gasteiger partial charge in [0, 0.05) is 21.8 Å². The molecule has 24 heavy (non-hydrogen) atoms. The third-order valence-corrected chi connectivity index (χ3v) is 3.29. The van der Waals surface area contributed by atoms with Crippen LogP contribution in [0.3, 0.4) is 0 Å².